The van der Waals surface area contributed by atoms with Crippen molar-refractivity contribution in [3.63, 3.8) is 0 Å². The van der Waals surface area contributed by atoms with Crippen LogP contribution in [0.2, 0.25) is 0 Å². The molecule has 0 N–H and O–H groups in total. The van der Waals surface area contributed by atoms with Crippen LogP contribution in [0.15, 0.2) is 0 Å². The zero-order valence-electron chi connectivity index (χ0n) is 8.37. The Labute approximate surface area is 86.4 Å². The topological polar surface area (TPSA) is 18.5 Å². The van der Waals surface area contributed by atoms with E-state index in [1.54, 1.807) is 0 Å². The molecule has 0 aliphatic carbocycles. The van der Waals surface area contributed by atoms with Crippen LogP contribution >= 0.6 is 12.6 Å². The molecule has 1 unspecified atom stereocenters. The van der Waals surface area contributed by atoms with Gasteiger partial charge in [-0.1, -0.05) is 6.92 Å². The molecule has 0 aromatic carbocycles. The van der Waals surface area contributed by atoms with Crippen LogP contribution < -0.4 is 0 Å². The van der Waals surface area contributed by atoms with Crippen molar-refractivity contribution in [1.29, 1.82) is 0 Å². The second-order valence-electron chi connectivity index (χ2n) is 3.88. The zero-order valence-corrected chi connectivity index (χ0v) is 9.26. The minimum Gasteiger partial charge on any atom is -0.381 e. The van der Waals surface area contributed by atoms with Gasteiger partial charge in [-0.15, -0.1) is 0 Å². The molecule has 1 atom stereocenters. The first kappa shape index (κ1) is 11.3. The van der Waals surface area contributed by atoms with Gasteiger partial charge in [0.15, 0.2) is 0 Å². The second kappa shape index (κ2) is 6.68. The maximum absolute atomic E-state index is 5.62. The molecule has 13 heavy (non-hydrogen) atoms. The number of ether oxygens (including phenoxy) is 2. The number of rotatable bonds is 5. The van der Waals surface area contributed by atoms with Crippen LogP contribution in [0.25, 0.3) is 0 Å². The van der Waals surface area contributed by atoms with Crippen molar-refractivity contribution in [1.82, 2.24) is 0 Å². The van der Waals surface area contributed by atoms with Crippen molar-refractivity contribution in [2.24, 2.45) is 11.8 Å². The van der Waals surface area contributed by atoms with E-state index >= 15 is 0 Å². The third kappa shape index (κ3) is 4.89. The van der Waals surface area contributed by atoms with Gasteiger partial charge in [-0.3, -0.25) is 0 Å². The average Bonchev–Trinajstić information content (AvgIpc) is 2.19. The van der Waals surface area contributed by atoms with Crippen LogP contribution in [-0.4, -0.2) is 32.2 Å². The molecule has 0 amide bonds. The van der Waals surface area contributed by atoms with Crippen molar-refractivity contribution >= 4 is 12.6 Å². The van der Waals surface area contributed by atoms with Crippen LogP contribution in [0.4, 0.5) is 0 Å². The molecule has 1 heterocycles. The molecule has 2 nitrogen and oxygen atoms in total. The Morgan fingerprint density at radius 1 is 1.46 bits per heavy atom. The predicted molar refractivity (Wildman–Crippen MR) is 57.4 cm³/mol. The Balaban J connectivity index is 1.98. The van der Waals surface area contributed by atoms with E-state index < -0.39 is 0 Å². The summed E-state index contributed by atoms with van der Waals surface area (Å²) in [5.41, 5.74) is 0. The molecular weight excluding hydrogens is 184 g/mol. The highest BCUT2D eigenvalue weighted by Crippen LogP contribution is 2.15. The lowest BCUT2D eigenvalue weighted by molar-refractivity contribution is 0.0147. The van der Waals surface area contributed by atoms with Gasteiger partial charge in [-0.2, -0.15) is 12.6 Å². The number of hydrogen-bond donors (Lipinski definition) is 1. The fourth-order valence-electron chi connectivity index (χ4n) is 1.40. The van der Waals surface area contributed by atoms with E-state index in [4.69, 9.17) is 9.47 Å². The molecule has 1 fully saturated rings. The Kier molecular flexibility index (Phi) is 5.83. The van der Waals surface area contributed by atoms with Crippen molar-refractivity contribution in [2.45, 2.75) is 19.8 Å². The Morgan fingerprint density at radius 3 is 2.77 bits per heavy atom. The molecule has 1 saturated heterocycles. The smallest absolute Gasteiger partial charge is 0.0499 e. The van der Waals surface area contributed by atoms with Gasteiger partial charge in [-0.25, -0.2) is 0 Å². The molecule has 3 heteroatoms. The first-order chi connectivity index (χ1) is 6.33. The van der Waals surface area contributed by atoms with Crippen LogP contribution in [0, 0.1) is 11.8 Å². The van der Waals surface area contributed by atoms with E-state index in [9.17, 15) is 0 Å². The summed E-state index contributed by atoms with van der Waals surface area (Å²) in [6, 6.07) is 0. The number of thiol groups is 1. The summed E-state index contributed by atoms with van der Waals surface area (Å²) in [6.45, 7) is 5.74. The molecule has 78 valence electrons. The van der Waals surface area contributed by atoms with Gasteiger partial charge in [0.2, 0.25) is 0 Å². The molecule has 0 aromatic rings. The quantitative estimate of drug-likeness (QED) is 0.690. The Hall–Kier alpha value is 0.270. The van der Waals surface area contributed by atoms with E-state index in [1.165, 1.54) is 0 Å². The lowest BCUT2D eigenvalue weighted by Gasteiger charge is -2.22. The highest BCUT2D eigenvalue weighted by atomic mass is 32.1. The maximum Gasteiger partial charge on any atom is 0.0499 e. The van der Waals surface area contributed by atoms with Crippen molar-refractivity contribution in [3.05, 3.63) is 0 Å². The minimum absolute atomic E-state index is 0.572. The minimum atomic E-state index is 0.572. The molecule has 0 saturated carbocycles. The van der Waals surface area contributed by atoms with E-state index in [2.05, 4.69) is 19.6 Å². The fraction of sp³-hybridized carbons (Fsp3) is 1.00. The first-order valence-corrected chi connectivity index (χ1v) is 5.72. The molecule has 1 aliphatic heterocycles. The largest absolute Gasteiger partial charge is 0.381 e. The van der Waals surface area contributed by atoms with E-state index in [0.717, 1.165) is 50.9 Å². The predicted octanol–water partition coefficient (Wildman–Crippen LogP) is 2.00. The average molecular weight is 204 g/mol. The highest BCUT2D eigenvalue weighted by Gasteiger charge is 2.13. The van der Waals surface area contributed by atoms with Crippen LogP contribution in [0.5, 0.6) is 0 Å². The summed E-state index contributed by atoms with van der Waals surface area (Å²) in [6.07, 6.45) is 2.32. The normalized spacial score (nSPS) is 21.7. The van der Waals surface area contributed by atoms with Gasteiger partial charge in [-0.05, 0) is 30.4 Å². The van der Waals surface area contributed by atoms with Crippen molar-refractivity contribution in [2.75, 3.05) is 32.2 Å². The van der Waals surface area contributed by atoms with Gasteiger partial charge in [0, 0.05) is 26.4 Å². The maximum atomic E-state index is 5.62. The highest BCUT2D eigenvalue weighted by molar-refractivity contribution is 7.80. The SMILES string of the molecule is CC(CS)COCC1CCOCC1. The van der Waals surface area contributed by atoms with Gasteiger partial charge in [0.05, 0.1) is 0 Å². The van der Waals surface area contributed by atoms with Crippen LogP contribution in [0.3, 0.4) is 0 Å². The first-order valence-electron chi connectivity index (χ1n) is 5.09. The van der Waals surface area contributed by atoms with Gasteiger partial charge in [0.25, 0.3) is 0 Å². The Bertz CT molecular complexity index is 124. The van der Waals surface area contributed by atoms with E-state index in [0.29, 0.717) is 5.92 Å². The molecule has 1 rings (SSSR count). The summed E-state index contributed by atoms with van der Waals surface area (Å²) in [7, 11) is 0. The lowest BCUT2D eigenvalue weighted by atomic mass is 10.0. The number of hydrogen-bond acceptors (Lipinski definition) is 3. The summed E-state index contributed by atoms with van der Waals surface area (Å²) >= 11 is 4.22. The van der Waals surface area contributed by atoms with E-state index in [-0.39, 0.29) is 0 Å². The van der Waals surface area contributed by atoms with Gasteiger partial charge in [0.1, 0.15) is 0 Å². The summed E-state index contributed by atoms with van der Waals surface area (Å²) < 4.78 is 10.9. The zero-order chi connectivity index (χ0) is 9.52. The lowest BCUT2D eigenvalue weighted by Crippen LogP contribution is -2.21. The van der Waals surface area contributed by atoms with Gasteiger partial charge < -0.3 is 9.47 Å². The molecular formula is C10H20O2S. The van der Waals surface area contributed by atoms with Crippen LogP contribution in [-0.2, 0) is 9.47 Å². The van der Waals surface area contributed by atoms with Crippen molar-refractivity contribution < 1.29 is 9.47 Å². The third-order valence-electron chi connectivity index (χ3n) is 2.41. The molecule has 0 aromatic heterocycles. The van der Waals surface area contributed by atoms with E-state index in [1.807, 2.05) is 0 Å². The second-order valence-corrected chi connectivity index (χ2v) is 4.25. The summed E-state index contributed by atoms with van der Waals surface area (Å²) in [4.78, 5) is 0. The van der Waals surface area contributed by atoms with Crippen molar-refractivity contribution in [3.8, 4) is 0 Å². The molecule has 1 aliphatic rings. The molecule has 0 radical (unpaired) electrons. The summed E-state index contributed by atoms with van der Waals surface area (Å²) in [5.74, 6) is 2.21. The monoisotopic (exact) mass is 204 g/mol. The summed E-state index contributed by atoms with van der Waals surface area (Å²) in [5, 5.41) is 0. The molecule has 0 spiro atoms. The third-order valence-corrected chi connectivity index (χ3v) is 3.03. The molecule has 0 bridgehead atoms. The fourth-order valence-corrected chi connectivity index (χ4v) is 1.51. The standard InChI is InChI=1S/C10H20O2S/c1-9(8-13)6-12-7-10-2-4-11-5-3-10/h9-10,13H,2-8H2,1H3. The van der Waals surface area contributed by atoms with Crippen LogP contribution in [0.1, 0.15) is 19.8 Å². The Morgan fingerprint density at radius 2 is 2.15 bits per heavy atom. The van der Waals surface area contributed by atoms with Gasteiger partial charge >= 0.3 is 0 Å².